The molecule has 0 unspecified atom stereocenters. The first-order chi connectivity index (χ1) is 23.0. The van der Waals surface area contributed by atoms with Crippen LogP contribution in [0.25, 0.3) is 11.1 Å². The number of carbonyl (C=O) groups is 4. The monoisotopic (exact) mass is 615 g/mol. The Kier molecular flexibility index (Phi) is 6.44. The largest absolute Gasteiger partial charge is 0.465 e. The van der Waals surface area contributed by atoms with E-state index in [-0.39, 0.29) is 17.0 Å². The number of ether oxygens (including phenoxy) is 1. The number of para-hydroxylation sites is 1. The van der Waals surface area contributed by atoms with E-state index in [2.05, 4.69) is 0 Å². The molecule has 8 rings (SSSR count). The Morgan fingerprint density at radius 1 is 0.553 bits per heavy atom. The van der Waals surface area contributed by atoms with Crippen LogP contribution in [0.2, 0.25) is 0 Å². The van der Waals surface area contributed by atoms with Crippen molar-refractivity contribution in [2.24, 2.45) is 11.8 Å². The van der Waals surface area contributed by atoms with Gasteiger partial charge in [-0.2, -0.15) is 0 Å². The number of benzene rings is 5. The fourth-order valence-corrected chi connectivity index (χ4v) is 8.52. The summed E-state index contributed by atoms with van der Waals surface area (Å²) in [7, 11) is 1.26. The molecule has 2 fully saturated rings. The molecule has 0 radical (unpaired) electrons. The SMILES string of the molecule is COC(=O)c1ccccc1N1C(=O)[C@@H]2[C@@H](C1=O)[C@@]1(c3ccccc3)C(=O)[C@@]2(c2ccccc2)C(c2ccccc2)=C1c1ccccc1. The van der Waals surface area contributed by atoms with Gasteiger partial charge in [0.05, 0.1) is 41.0 Å². The molecule has 2 aliphatic carbocycles. The number of ketones is 1. The lowest BCUT2D eigenvalue weighted by Gasteiger charge is -2.39. The molecule has 3 aliphatic rings. The van der Waals surface area contributed by atoms with E-state index in [0.717, 1.165) is 27.2 Å². The van der Waals surface area contributed by atoms with E-state index >= 15 is 14.4 Å². The average molecular weight is 616 g/mol. The average Bonchev–Trinajstić information content (AvgIpc) is 3.64. The summed E-state index contributed by atoms with van der Waals surface area (Å²) in [6.07, 6.45) is 0. The summed E-state index contributed by atoms with van der Waals surface area (Å²) in [5.41, 5.74) is 1.53. The maximum Gasteiger partial charge on any atom is 0.339 e. The summed E-state index contributed by atoms with van der Waals surface area (Å²) >= 11 is 0. The summed E-state index contributed by atoms with van der Waals surface area (Å²) in [5, 5.41) is 0. The lowest BCUT2D eigenvalue weighted by atomic mass is 9.59. The summed E-state index contributed by atoms with van der Waals surface area (Å²) in [6, 6.07) is 44.6. The Hall–Kier alpha value is -5.88. The van der Waals surface area contributed by atoms with Gasteiger partial charge in [-0.25, -0.2) is 9.69 Å². The molecular formula is C41H29NO5. The highest BCUT2D eigenvalue weighted by Gasteiger charge is 2.82. The van der Waals surface area contributed by atoms with Crippen LogP contribution in [0.1, 0.15) is 32.6 Å². The van der Waals surface area contributed by atoms with Crippen LogP contribution in [0.4, 0.5) is 5.69 Å². The molecule has 5 aromatic rings. The van der Waals surface area contributed by atoms with Crippen molar-refractivity contribution in [3.05, 3.63) is 173 Å². The number of amides is 2. The van der Waals surface area contributed by atoms with Crippen molar-refractivity contribution in [3.63, 3.8) is 0 Å². The van der Waals surface area contributed by atoms with Gasteiger partial charge in [0.15, 0.2) is 5.78 Å². The Balaban J connectivity index is 1.54. The van der Waals surface area contributed by atoms with E-state index in [1.54, 1.807) is 24.3 Å². The van der Waals surface area contributed by atoms with Gasteiger partial charge in [0, 0.05) is 0 Å². The Bertz CT molecular complexity index is 1990. The third-order valence-corrected chi connectivity index (χ3v) is 10.1. The minimum absolute atomic E-state index is 0.0948. The van der Waals surface area contributed by atoms with Gasteiger partial charge in [0.1, 0.15) is 0 Å². The zero-order valence-electron chi connectivity index (χ0n) is 25.5. The highest BCUT2D eigenvalue weighted by Crippen LogP contribution is 2.74. The second-order valence-corrected chi connectivity index (χ2v) is 12.1. The van der Waals surface area contributed by atoms with E-state index in [4.69, 9.17) is 4.74 Å². The molecule has 6 heteroatoms. The number of allylic oxidation sites excluding steroid dienone is 2. The summed E-state index contributed by atoms with van der Waals surface area (Å²) < 4.78 is 5.05. The van der Waals surface area contributed by atoms with E-state index in [9.17, 15) is 4.79 Å². The topological polar surface area (TPSA) is 80.8 Å². The lowest BCUT2D eigenvalue weighted by molar-refractivity contribution is -0.130. The Morgan fingerprint density at radius 2 is 0.936 bits per heavy atom. The maximum absolute atomic E-state index is 15.9. The Morgan fingerprint density at radius 3 is 1.36 bits per heavy atom. The quantitative estimate of drug-likeness (QED) is 0.158. The van der Waals surface area contributed by atoms with Crippen molar-refractivity contribution in [3.8, 4) is 0 Å². The number of carbonyl (C=O) groups excluding carboxylic acids is 4. The number of nitrogens with zero attached hydrogens (tertiary/aromatic N) is 1. The predicted octanol–water partition coefficient (Wildman–Crippen LogP) is 6.66. The molecule has 0 spiro atoms. The molecule has 1 saturated carbocycles. The first-order valence-electron chi connectivity index (χ1n) is 15.6. The van der Waals surface area contributed by atoms with Crippen LogP contribution >= 0.6 is 0 Å². The molecule has 47 heavy (non-hydrogen) atoms. The number of Topliss-reactive ketones (excluding diaryl/α,β-unsaturated/α-hetero) is 1. The van der Waals surface area contributed by atoms with Crippen LogP contribution in [-0.2, 0) is 30.0 Å². The van der Waals surface area contributed by atoms with Crippen LogP contribution in [0, 0.1) is 11.8 Å². The van der Waals surface area contributed by atoms with Gasteiger partial charge >= 0.3 is 5.97 Å². The fraction of sp³-hybridized carbons (Fsp3) is 0.122. The van der Waals surface area contributed by atoms with Crippen molar-refractivity contribution in [2.45, 2.75) is 10.8 Å². The van der Waals surface area contributed by atoms with Crippen LogP contribution in [0.3, 0.4) is 0 Å². The van der Waals surface area contributed by atoms with Gasteiger partial charge < -0.3 is 4.74 Å². The number of esters is 1. The van der Waals surface area contributed by atoms with Crippen molar-refractivity contribution in [1.29, 1.82) is 0 Å². The van der Waals surface area contributed by atoms with Crippen molar-refractivity contribution in [2.75, 3.05) is 12.0 Å². The van der Waals surface area contributed by atoms with Crippen molar-refractivity contribution >= 4 is 40.4 Å². The number of hydrogen-bond acceptors (Lipinski definition) is 5. The fourth-order valence-electron chi connectivity index (χ4n) is 8.52. The number of methoxy groups -OCH3 is 1. The molecule has 2 amide bonds. The molecule has 6 nitrogen and oxygen atoms in total. The van der Waals surface area contributed by atoms with Gasteiger partial charge in [0.25, 0.3) is 0 Å². The van der Waals surface area contributed by atoms with E-state index < -0.39 is 40.4 Å². The second kappa shape index (κ2) is 10.6. The molecule has 2 bridgehead atoms. The highest BCUT2D eigenvalue weighted by molar-refractivity contribution is 6.39. The number of imide groups is 1. The maximum atomic E-state index is 15.9. The van der Waals surface area contributed by atoms with Gasteiger partial charge in [-0.15, -0.1) is 0 Å². The zero-order valence-corrected chi connectivity index (χ0v) is 25.5. The molecule has 1 saturated heterocycles. The molecule has 1 heterocycles. The van der Waals surface area contributed by atoms with Crippen LogP contribution < -0.4 is 4.90 Å². The van der Waals surface area contributed by atoms with E-state index in [1.165, 1.54) is 7.11 Å². The first-order valence-corrected chi connectivity index (χ1v) is 15.6. The predicted molar refractivity (Wildman–Crippen MR) is 178 cm³/mol. The van der Waals surface area contributed by atoms with Crippen molar-refractivity contribution in [1.82, 2.24) is 0 Å². The van der Waals surface area contributed by atoms with Gasteiger partial charge in [0.2, 0.25) is 11.8 Å². The van der Waals surface area contributed by atoms with E-state index in [1.807, 2.05) is 121 Å². The number of rotatable bonds is 6. The lowest BCUT2D eigenvalue weighted by Crippen LogP contribution is -2.46. The summed E-state index contributed by atoms with van der Waals surface area (Å²) in [4.78, 5) is 60.3. The standard InChI is InChI=1S/C41H29NO5/c1-47-38(45)30-24-14-15-25-31(30)42-36(43)34-35(37(42)44)41(29-22-12-5-13-23-29)33(27-18-8-3-9-19-27)32(26-16-6-2-7-17-26)40(34,39(41)46)28-20-10-4-11-21-28/h2-25,34-35H,1H3/t34-,35-,40-,41-/m0/s1. The number of fused-ring (bicyclic) bond motifs is 5. The van der Waals surface area contributed by atoms with Gasteiger partial charge in [-0.1, -0.05) is 133 Å². The highest BCUT2D eigenvalue weighted by atomic mass is 16.5. The summed E-state index contributed by atoms with van der Waals surface area (Å²) in [6.45, 7) is 0. The Labute approximate surface area is 271 Å². The minimum atomic E-state index is -1.52. The second-order valence-electron chi connectivity index (χ2n) is 12.1. The normalized spacial score (nSPS) is 24.5. The molecule has 0 aromatic heterocycles. The van der Waals surface area contributed by atoms with Crippen LogP contribution in [-0.4, -0.2) is 30.7 Å². The molecule has 1 aliphatic heterocycles. The first kappa shape index (κ1) is 28.6. The third-order valence-electron chi connectivity index (χ3n) is 10.1. The smallest absolute Gasteiger partial charge is 0.339 e. The number of anilines is 1. The minimum Gasteiger partial charge on any atom is -0.465 e. The van der Waals surface area contributed by atoms with Crippen LogP contribution in [0.5, 0.6) is 0 Å². The summed E-state index contributed by atoms with van der Waals surface area (Å²) in [5.74, 6) is -4.07. The van der Waals surface area contributed by atoms with Crippen LogP contribution in [0.15, 0.2) is 146 Å². The molecular weight excluding hydrogens is 586 g/mol. The zero-order chi connectivity index (χ0) is 32.3. The van der Waals surface area contributed by atoms with Gasteiger partial charge in [-0.05, 0) is 45.5 Å². The van der Waals surface area contributed by atoms with E-state index in [0.29, 0.717) is 11.1 Å². The molecule has 228 valence electrons. The van der Waals surface area contributed by atoms with Crippen molar-refractivity contribution < 1.29 is 23.9 Å². The molecule has 5 aromatic carbocycles. The number of hydrogen-bond donors (Lipinski definition) is 0. The molecule has 4 atom stereocenters. The third kappa shape index (κ3) is 3.61. The van der Waals surface area contributed by atoms with Gasteiger partial charge in [-0.3, -0.25) is 14.4 Å². The molecule has 0 N–H and O–H groups in total.